The molecule has 0 saturated heterocycles. The third kappa shape index (κ3) is 2.68. The van der Waals surface area contributed by atoms with Crippen LogP contribution in [0.3, 0.4) is 0 Å². The summed E-state index contributed by atoms with van der Waals surface area (Å²) in [6, 6.07) is 3.42. The highest BCUT2D eigenvalue weighted by Gasteiger charge is 2.22. The number of benzene rings is 1. The van der Waals surface area contributed by atoms with Gasteiger partial charge in [0.15, 0.2) is 0 Å². The summed E-state index contributed by atoms with van der Waals surface area (Å²) < 4.78 is 11.5. The molecule has 0 fully saturated rings. The van der Waals surface area contributed by atoms with E-state index in [1.807, 2.05) is 24.4 Å². The zero-order valence-corrected chi connectivity index (χ0v) is 14.5. The van der Waals surface area contributed by atoms with Crippen molar-refractivity contribution in [1.29, 1.82) is 0 Å². The molecule has 2 aromatic rings. The number of aryl methyl sites for hydroxylation is 1. The standard InChI is InChI=1S/C14H15BrClNO2S/c1-7-6-20-14(11(7)16)12(17)8-4-5-9(18-2)10(15)13(8)19-3/h4-6,12H,17H2,1-3H3. The number of hydrogen-bond donors (Lipinski definition) is 1. The normalized spacial score (nSPS) is 12.3. The molecule has 0 bridgehead atoms. The molecule has 1 heterocycles. The summed E-state index contributed by atoms with van der Waals surface area (Å²) in [5, 5.41) is 2.72. The van der Waals surface area contributed by atoms with Crippen molar-refractivity contribution in [3.05, 3.63) is 43.0 Å². The van der Waals surface area contributed by atoms with Crippen molar-refractivity contribution in [2.24, 2.45) is 5.73 Å². The highest BCUT2D eigenvalue weighted by Crippen LogP contribution is 2.43. The summed E-state index contributed by atoms with van der Waals surface area (Å²) >= 11 is 11.3. The van der Waals surface area contributed by atoms with E-state index in [-0.39, 0.29) is 6.04 Å². The zero-order chi connectivity index (χ0) is 14.9. The number of ether oxygens (including phenoxy) is 2. The summed E-state index contributed by atoms with van der Waals surface area (Å²) in [5.41, 5.74) is 8.25. The van der Waals surface area contributed by atoms with Gasteiger partial charge in [0.25, 0.3) is 0 Å². The van der Waals surface area contributed by atoms with E-state index in [1.54, 1.807) is 25.6 Å². The van der Waals surface area contributed by atoms with Gasteiger partial charge in [-0.25, -0.2) is 0 Å². The van der Waals surface area contributed by atoms with Gasteiger partial charge >= 0.3 is 0 Å². The smallest absolute Gasteiger partial charge is 0.141 e. The van der Waals surface area contributed by atoms with Crippen molar-refractivity contribution in [1.82, 2.24) is 0 Å². The van der Waals surface area contributed by atoms with Gasteiger partial charge < -0.3 is 15.2 Å². The van der Waals surface area contributed by atoms with Crippen LogP contribution in [0, 0.1) is 6.92 Å². The molecule has 6 heteroatoms. The molecule has 0 spiro atoms. The predicted molar refractivity (Wildman–Crippen MR) is 87.3 cm³/mol. The number of nitrogens with two attached hydrogens (primary N) is 1. The van der Waals surface area contributed by atoms with Gasteiger partial charge in [0.2, 0.25) is 0 Å². The molecule has 108 valence electrons. The Labute approximate surface area is 135 Å². The van der Waals surface area contributed by atoms with Crippen LogP contribution in [0.1, 0.15) is 22.0 Å². The predicted octanol–water partition coefficient (Wildman–Crippen LogP) is 4.54. The maximum Gasteiger partial charge on any atom is 0.141 e. The summed E-state index contributed by atoms with van der Waals surface area (Å²) in [6.45, 7) is 1.97. The fraction of sp³-hybridized carbons (Fsp3) is 0.286. The van der Waals surface area contributed by atoms with Gasteiger partial charge in [-0.3, -0.25) is 0 Å². The molecule has 20 heavy (non-hydrogen) atoms. The van der Waals surface area contributed by atoms with Crippen LogP contribution in [0.5, 0.6) is 11.5 Å². The van der Waals surface area contributed by atoms with E-state index >= 15 is 0 Å². The highest BCUT2D eigenvalue weighted by atomic mass is 79.9. The maximum atomic E-state index is 6.35. The van der Waals surface area contributed by atoms with Crippen molar-refractivity contribution >= 4 is 38.9 Å². The van der Waals surface area contributed by atoms with Crippen LogP contribution in [0.25, 0.3) is 0 Å². The van der Waals surface area contributed by atoms with E-state index in [0.29, 0.717) is 11.5 Å². The summed E-state index contributed by atoms with van der Waals surface area (Å²) in [5.74, 6) is 1.37. The van der Waals surface area contributed by atoms with E-state index in [0.717, 1.165) is 25.5 Å². The first-order chi connectivity index (χ1) is 9.51. The lowest BCUT2D eigenvalue weighted by atomic mass is 10.0. The molecule has 0 saturated carbocycles. The fourth-order valence-corrected chi connectivity index (χ4v) is 3.98. The van der Waals surface area contributed by atoms with Gasteiger partial charge in [-0.05, 0) is 45.9 Å². The summed E-state index contributed by atoms with van der Waals surface area (Å²) in [7, 11) is 3.22. The minimum absolute atomic E-state index is 0.335. The van der Waals surface area contributed by atoms with E-state index in [1.165, 1.54) is 0 Å². The average Bonchev–Trinajstić information content (AvgIpc) is 2.78. The second-order valence-corrected chi connectivity index (χ2v) is 6.36. The molecule has 0 aliphatic carbocycles. The Morgan fingerprint density at radius 3 is 2.50 bits per heavy atom. The molecule has 2 rings (SSSR count). The molecule has 1 unspecified atom stereocenters. The Morgan fingerprint density at radius 2 is 2.00 bits per heavy atom. The number of hydrogen-bond acceptors (Lipinski definition) is 4. The van der Waals surface area contributed by atoms with Crippen LogP contribution in [0.15, 0.2) is 22.0 Å². The fourth-order valence-electron chi connectivity index (χ4n) is 1.96. The van der Waals surface area contributed by atoms with Crippen LogP contribution in [0.2, 0.25) is 5.02 Å². The van der Waals surface area contributed by atoms with E-state index in [4.69, 9.17) is 26.8 Å². The van der Waals surface area contributed by atoms with Gasteiger partial charge in [-0.15, -0.1) is 11.3 Å². The largest absolute Gasteiger partial charge is 0.495 e. The molecule has 3 nitrogen and oxygen atoms in total. The van der Waals surface area contributed by atoms with Crippen molar-refractivity contribution in [2.75, 3.05) is 14.2 Å². The lowest BCUT2D eigenvalue weighted by molar-refractivity contribution is 0.385. The molecule has 1 atom stereocenters. The third-order valence-corrected chi connectivity index (χ3v) is 5.61. The van der Waals surface area contributed by atoms with Crippen molar-refractivity contribution < 1.29 is 9.47 Å². The van der Waals surface area contributed by atoms with E-state index < -0.39 is 0 Å². The monoisotopic (exact) mass is 375 g/mol. The van der Waals surface area contributed by atoms with Crippen LogP contribution in [-0.2, 0) is 0 Å². The maximum absolute atomic E-state index is 6.35. The molecular formula is C14H15BrClNO2S. The number of thiophene rings is 1. The van der Waals surface area contributed by atoms with Gasteiger partial charge in [-0.1, -0.05) is 11.6 Å². The SMILES string of the molecule is COc1ccc(C(N)c2scc(C)c2Cl)c(OC)c1Br. The Bertz CT molecular complexity index is 630. The van der Waals surface area contributed by atoms with Crippen LogP contribution in [0.4, 0.5) is 0 Å². The Hall–Kier alpha value is -0.750. The van der Waals surface area contributed by atoms with Crippen LogP contribution in [-0.4, -0.2) is 14.2 Å². The number of halogens is 2. The molecule has 0 aliphatic heterocycles. The van der Waals surface area contributed by atoms with Gasteiger partial charge in [-0.2, -0.15) is 0 Å². The molecule has 0 aliphatic rings. The van der Waals surface area contributed by atoms with Gasteiger partial charge in [0, 0.05) is 10.4 Å². The molecular weight excluding hydrogens is 362 g/mol. The number of rotatable bonds is 4. The van der Waals surface area contributed by atoms with E-state index in [2.05, 4.69) is 15.9 Å². The van der Waals surface area contributed by atoms with Crippen molar-refractivity contribution in [3.63, 3.8) is 0 Å². The number of methoxy groups -OCH3 is 2. The lowest BCUT2D eigenvalue weighted by Crippen LogP contribution is -2.12. The highest BCUT2D eigenvalue weighted by molar-refractivity contribution is 9.10. The third-order valence-electron chi connectivity index (χ3n) is 3.06. The molecule has 0 amide bonds. The van der Waals surface area contributed by atoms with Crippen molar-refractivity contribution in [3.8, 4) is 11.5 Å². The zero-order valence-electron chi connectivity index (χ0n) is 11.4. The van der Waals surface area contributed by atoms with Crippen LogP contribution >= 0.6 is 38.9 Å². The van der Waals surface area contributed by atoms with Gasteiger partial charge in [0.1, 0.15) is 16.0 Å². The Kier molecular flexibility index (Phi) is 4.96. The molecule has 1 aromatic heterocycles. The van der Waals surface area contributed by atoms with Crippen molar-refractivity contribution in [2.45, 2.75) is 13.0 Å². The molecule has 2 N–H and O–H groups in total. The second kappa shape index (κ2) is 6.35. The van der Waals surface area contributed by atoms with Gasteiger partial charge in [0.05, 0.1) is 25.3 Å². The summed E-state index contributed by atoms with van der Waals surface area (Å²) in [6.07, 6.45) is 0. The summed E-state index contributed by atoms with van der Waals surface area (Å²) in [4.78, 5) is 0.930. The minimum atomic E-state index is -0.335. The first-order valence-electron chi connectivity index (χ1n) is 5.90. The first-order valence-corrected chi connectivity index (χ1v) is 7.95. The first kappa shape index (κ1) is 15.6. The Morgan fingerprint density at radius 1 is 1.30 bits per heavy atom. The molecule has 1 aromatic carbocycles. The molecule has 0 radical (unpaired) electrons. The second-order valence-electron chi connectivity index (χ2n) is 4.28. The lowest BCUT2D eigenvalue weighted by Gasteiger charge is -2.18. The topological polar surface area (TPSA) is 44.5 Å². The Balaban J connectivity index is 2.52. The minimum Gasteiger partial charge on any atom is -0.495 e. The average molecular weight is 377 g/mol. The van der Waals surface area contributed by atoms with E-state index in [9.17, 15) is 0 Å². The quantitative estimate of drug-likeness (QED) is 0.852. The van der Waals surface area contributed by atoms with Crippen LogP contribution < -0.4 is 15.2 Å².